The first-order valence-corrected chi connectivity index (χ1v) is 7.78. The number of sulfonamides is 1. The zero-order valence-corrected chi connectivity index (χ0v) is 12.2. The summed E-state index contributed by atoms with van der Waals surface area (Å²) in [5.74, 6) is -1.01. The molecule has 0 radical (unpaired) electrons. The molecule has 4 N–H and O–H groups in total. The first-order valence-electron chi connectivity index (χ1n) is 6.30. The SMILES string of the molecule is CC(C)(NS(=O)(=O)c1cc(N)ccc1C(=O)O)C1CC1. The fraction of sp³-hybridized carbons (Fsp3) is 0.462. The van der Waals surface area contributed by atoms with Crippen LogP contribution in [0.5, 0.6) is 0 Å². The van der Waals surface area contributed by atoms with Gasteiger partial charge in [0.2, 0.25) is 10.0 Å². The van der Waals surface area contributed by atoms with Crippen molar-refractivity contribution in [1.29, 1.82) is 0 Å². The largest absolute Gasteiger partial charge is 0.478 e. The van der Waals surface area contributed by atoms with Gasteiger partial charge in [0, 0.05) is 11.2 Å². The zero-order chi connectivity index (χ0) is 15.1. The van der Waals surface area contributed by atoms with Crippen molar-refractivity contribution in [2.45, 2.75) is 37.1 Å². The van der Waals surface area contributed by atoms with Crippen LogP contribution in [0.1, 0.15) is 37.0 Å². The second kappa shape index (κ2) is 4.75. The van der Waals surface area contributed by atoms with E-state index in [-0.39, 0.29) is 22.1 Å². The van der Waals surface area contributed by atoms with Crippen LogP contribution in [0.2, 0.25) is 0 Å². The minimum atomic E-state index is -3.93. The van der Waals surface area contributed by atoms with Crippen LogP contribution in [-0.4, -0.2) is 25.0 Å². The molecule has 0 aliphatic heterocycles. The molecule has 7 heteroatoms. The maximum Gasteiger partial charge on any atom is 0.337 e. The number of nitrogens with one attached hydrogen (secondary N) is 1. The van der Waals surface area contributed by atoms with Gasteiger partial charge in [-0.25, -0.2) is 17.9 Å². The van der Waals surface area contributed by atoms with Crippen LogP contribution < -0.4 is 10.5 Å². The van der Waals surface area contributed by atoms with Gasteiger partial charge < -0.3 is 10.8 Å². The van der Waals surface area contributed by atoms with E-state index >= 15 is 0 Å². The summed E-state index contributed by atoms with van der Waals surface area (Å²) < 4.78 is 27.4. The van der Waals surface area contributed by atoms with Crippen molar-refractivity contribution in [3.63, 3.8) is 0 Å². The van der Waals surface area contributed by atoms with Crippen molar-refractivity contribution in [1.82, 2.24) is 4.72 Å². The molecule has 1 aromatic carbocycles. The summed E-state index contributed by atoms with van der Waals surface area (Å²) >= 11 is 0. The molecule has 0 heterocycles. The fourth-order valence-electron chi connectivity index (χ4n) is 2.23. The molecule has 6 nitrogen and oxygen atoms in total. The van der Waals surface area contributed by atoms with Crippen molar-refractivity contribution >= 4 is 21.7 Å². The molecule has 2 rings (SSSR count). The number of carboxylic acid groups (broad SMARTS) is 1. The van der Waals surface area contributed by atoms with Crippen molar-refractivity contribution in [3.8, 4) is 0 Å². The summed E-state index contributed by atoms with van der Waals surface area (Å²) in [6.45, 7) is 3.60. The summed E-state index contributed by atoms with van der Waals surface area (Å²) in [5.41, 5.74) is 4.91. The topological polar surface area (TPSA) is 109 Å². The van der Waals surface area contributed by atoms with Gasteiger partial charge in [0.15, 0.2) is 0 Å². The normalized spacial score (nSPS) is 16.1. The molecule has 1 saturated carbocycles. The Morgan fingerprint density at radius 2 is 2.00 bits per heavy atom. The van der Waals surface area contributed by atoms with Gasteiger partial charge in [-0.3, -0.25) is 0 Å². The number of nitrogen functional groups attached to an aromatic ring is 1. The lowest BCUT2D eigenvalue weighted by atomic mass is 10.0. The van der Waals surface area contributed by atoms with E-state index in [1.54, 1.807) is 13.8 Å². The van der Waals surface area contributed by atoms with E-state index in [1.807, 2.05) is 0 Å². The van der Waals surface area contributed by atoms with E-state index in [4.69, 9.17) is 10.8 Å². The maximum absolute atomic E-state index is 12.4. The highest BCUT2D eigenvalue weighted by molar-refractivity contribution is 7.89. The van der Waals surface area contributed by atoms with Gasteiger partial charge in [-0.15, -0.1) is 0 Å². The van der Waals surface area contributed by atoms with E-state index in [0.717, 1.165) is 12.8 Å². The first-order chi connectivity index (χ1) is 9.13. The van der Waals surface area contributed by atoms with Crippen molar-refractivity contribution < 1.29 is 18.3 Å². The summed E-state index contributed by atoms with van der Waals surface area (Å²) in [5, 5.41) is 9.11. The van der Waals surface area contributed by atoms with Crippen LogP contribution in [-0.2, 0) is 10.0 Å². The average Bonchev–Trinajstić information content (AvgIpc) is 3.10. The monoisotopic (exact) mass is 298 g/mol. The van der Waals surface area contributed by atoms with E-state index in [2.05, 4.69) is 4.72 Å². The van der Waals surface area contributed by atoms with Crippen molar-refractivity contribution in [3.05, 3.63) is 23.8 Å². The predicted molar refractivity (Wildman–Crippen MR) is 74.9 cm³/mol. The first kappa shape index (κ1) is 14.8. The van der Waals surface area contributed by atoms with Crippen LogP contribution >= 0.6 is 0 Å². The van der Waals surface area contributed by atoms with Gasteiger partial charge in [-0.1, -0.05) is 0 Å². The van der Waals surface area contributed by atoms with Gasteiger partial charge in [0.25, 0.3) is 0 Å². The van der Waals surface area contributed by atoms with E-state index in [9.17, 15) is 13.2 Å². The number of hydrogen-bond acceptors (Lipinski definition) is 4. The highest BCUT2D eigenvalue weighted by atomic mass is 32.2. The Morgan fingerprint density at radius 3 is 2.50 bits per heavy atom. The molecule has 0 aromatic heterocycles. The van der Waals surface area contributed by atoms with E-state index in [0.29, 0.717) is 0 Å². The molecule has 0 unspecified atom stereocenters. The summed E-state index contributed by atoms with van der Waals surface area (Å²) in [4.78, 5) is 10.9. The number of benzene rings is 1. The second-order valence-corrected chi connectivity index (χ2v) is 7.31. The quantitative estimate of drug-likeness (QED) is 0.712. The van der Waals surface area contributed by atoms with Gasteiger partial charge in [-0.05, 0) is 50.8 Å². The third-order valence-electron chi connectivity index (χ3n) is 3.52. The third-order valence-corrected chi connectivity index (χ3v) is 5.23. The summed E-state index contributed by atoms with van der Waals surface area (Å²) in [7, 11) is -3.93. The minimum Gasteiger partial charge on any atom is -0.478 e. The summed E-state index contributed by atoms with van der Waals surface area (Å²) in [6.07, 6.45) is 1.94. The number of nitrogens with two attached hydrogens (primary N) is 1. The molecular weight excluding hydrogens is 280 g/mol. The Morgan fingerprint density at radius 1 is 1.40 bits per heavy atom. The van der Waals surface area contributed by atoms with Gasteiger partial charge in [0.05, 0.1) is 10.5 Å². The van der Waals surface area contributed by atoms with Gasteiger partial charge in [0.1, 0.15) is 0 Å². The molecule has 0 bridgehead atoms. The Kier molecular flexibility index (Phi) is 3.51. The zero-order valence-electron chi connectivity index (χ0n) is 11.4. The molecule has 1 aliphatic carbocycles. The van der Waals surface area contributed by atoms with Crippen LogP contribution in [0.25, 0.3) is 0 Å². The number of carboxylic acids is 1. The van der Waals surface area contributed by atoms with Crippen LogP contribution in [0.3, 0.4) is 0 Å². The minimum absolute atomic E-state index is 0.208. The smallest absolute Gasteiger partial charge is 0.337 e. The van der Waals surface area contributed by atoms with Gasteiger partial charge in [-0.2, -0.15) is 0 Å². The van der Waals surface area contributed by atoms with Gasteiger partial charge >= 0.3 is 5.97 Å². The highest BCUT2D eigenvalue weighted by Crippen LogP contribution is 2.40. The molecule has 110 valence electrons. The van der Waals surface area contributed by atoms with E-state index < -0.39 is 21.5 Å². The molecule has 1 fully saturated rings. The Bertz CT molecular complexity index is 648. The Balaban J connectivity index is 2.43. The van der Waals surface area contributed by atoms with Crippen LogP contribution in [0.15, 0.2) is 23.1 Å². The molecule has 0 amide bonds. The maximum atomic E-state index is 12.4. The number of carbonyl (C=O) groups is 1. The van der Waals surface area contributed by atoms with Crippen LogP contribution in [0, 0.1) is 5.92 Å². The van der Waals surface area contributed by atoms with Crippen molar-refractivity contribution in [2.24, 2.45) is 5.92 Å². The number of aromatic carboxylic acids is 1. The lowest BCUT2D eigenvalue weighted by Gasteiger charge is -2.26. The van der Waals surface area contributed by atoms with Crippen molar-refractivity contribution in [2.75, 3.05) is 5.73 Å². The molecule has 20 heavy (non-hydrogen) atoms. The highest BCUT2D eigenvalue weighted by Gasteiger charge is 2.41. The molecule has 1 aliphatic rings. The molecule has 0 atom stereocenters. The molecule has 0 spiro atoms. The predicted octanol–water partition coefficient (Wildman–Crippen LogP) is 1.43. The van der Waals surface area contributed by atoms with E-state index in [1.165, 1.54) is 18.2 Å². The molecular formula is C13H18N2O4S. The third kappa shape index (κ3) is 2.94. The van der Waals surface area contributed by atoms with Crippen LogP contribution in [0.4, 0.5) is 5.69 Å². The number of anilines is 1. The standard InChI is InChI=1S/C13H18N2O4S/c1-13(2,8-3-4-8)15-20(18,19)11-7-9(14)5-6-10(11)12(16)17/h5-8,15H,3-4,14H2,1-2H3,(H,16,17). The lowest BCUT2D eigenvalue weighted by molar-refractivity contribution is 0.0692. The molecule has 1 aromatic rings. The summed E-state index contributed by atoms with van der Waals surface area (Å²) in [6, 6.07) is 3.75. The number of rotatable bonds is 5. The Labute approximate surface area is 118 Å². The number of hydrogen-bond donors (Lipinski definition) is 3. The fourth-order valence-corrected chi connectivity index (χ4v) is 3.93. The molecule has 0 saturated heterocycles. The lowest BCUT2D eigenvalue weighted by Crippen LogP contribution is -2.45. The second-order valence-electron chi connectivity index (χ2n) is 5.66. The average molecular weight is 298 g/mol. The Hall–Kier alpha value is -1.60.